The van der Waals surface area contributed by atoms with Crippen LogP contribution in [-0.2, 0) is 4.79 Å². The molecule has 2 aromatic carbocycles. The molecular weight excluding hydrogens is 565 g/mol. The minimum Gasteiger partial charge on any atom is -0.457 e. The van der Waals surface area contributed by atoms with Crippen LogP contribution in [0.2, 0.25) is 15.1 Å². The molecule has 0 spiro atoms. The summed E-state index contributed by atoms with van der Waals surface area (Å²) in [7, 11) is 0. The topological polar surface area (TPSA) is 65.8 Å². The molecule has 1 aliphatic heterocycles. The lowest BCUT2D eigenvalue weighted by atomic mass is 10.2. The van der Waals surface area contributed by atoms with Gasteiger partial charge in [0.15, 0.2) is 0 Å². The number of halogens is 3. The summed E-state index contributed by atoms with van der Waals surface area (Å²) in [5.41, 5.74) is 2.19. The van der Waals surface area contributed by atoms with E-state index in [9.17, 15) is 9.59 Å². The molecule has 1 fully saturated rings. The number of carbonyl (C=O) groups excluding carboxylic acids is 2. The van der Waals surface area contributed by atoms with E-state index in [2.05, 4.69) is 10.2 Å². The van der Waals surface area contributed by atoms with Gasteiger partial charge in [-0.2, -0.15) is 0 Å². The molecule has 0 atom stereocenters. The number of amides is 2. The molecule has 0 radical (unpaired) electrons. The number of rotatable bonds is 6. The van der Waals surface area contributed by atoms with E-state index in [4.69, 9.17) is 39.2 Å². The van der Waals surface area contributed by atoms with Crippen LogP contribution in [0.4, 0.5) is 11.4 Å². The molecule has 5 rings (SSSR count). The Kier molecular flexibility index (Phi) is 8.09. The fraction of sp³-hybridized carbons (Fsp3) is 0.143. The zero-order chi connectivity index (χ0) is 26.6. The minimum atomic E-state index is -0.321. The van der Waals surface area contributed by atoms with Crippen LogP contribution in [0.15, 0.2) is 76.5 Å². The van der Waals surface area contributed by atoms with Crippen molar-refractivity contribution in [2.45, 2.75) is 0 Å². The average molecular weight is 587 g/mol. The van der Waals surface area contributed by atoms with Gasteiger partial charge in [0.2, 0.25) is 5.91 Å². The van der Waals surface area contributed by atoms with Crippen molar-refractivity contribution in [1.82, 2.24) is 4.90 Å². The number of piperazine rings is 1. The van der Waals surface area contributed by atoms with Crippen LogP contribution in [0.5, 0.6) is 0 Å². The molecule has 2 aromatic heterocycles. The van der Waals surface area contributed by atoms with Gasteiger partial charge < -0.3 is 19.5 Å². The maximum atomic E-state index is 12.6. The monoisotopic (exact) mass is 585 g/mol. The van der Waals surface area contributed by atoms with E-state index in [1.807, 2.05) is 34.5 Å². The summed E-state index contributed by atoms with van der Waals surface area (Å²) in [6, 6.07) is 17.8. The molecule has 0 saturated carbocycles. The number of anilines is 2. The van der Waals surface area contributed by atoms with E-state index < -0.39 is 0 Å². The molecule has 1 saturated heterocycles. The molecule has 0 aliphatic carbocycles. The summed E-state index contributed by atoms with van der Waals surface area (Å²) in [5, 5.41) is 6.28. The van der Waals surface area contributed by atoms with Crippen LogP contribution in [0.3, 0.4) is 0 Å². The summed E-state index contributed by atoms with van der Waals surface area (Å²) >= 11 is 20.1. The number of hydrogen-bond donors (Lipinski definition) is 1. The molecule has 0 unspecified atom stereocenters. The van der Waals surface area contributed by atoms with Crippen molar-refractivity contribution >= 4 is 75.4 Å². The Bertz CT molecular complexity index is 1470. The van der Waals surface area contributed by atoms with Crippen molar-refractivity contribution in [3.63, 3.8) is 0 Å². The van der Waals surface area contributed by atoms with E-state index in [1.165, 1.54) is 17.4 Å². The standard InChI is InChI=1S/C28H22Cl3N3O3S/c29-19-14-18(15-20(30)16-19)25-7-4-22(37-25)5-8-27(35)32-21-3-6-24(23(31)17-21)33-9-11-34(12-10-33)28(36)26-2-1-13-38-26/h1-8,13-17H,9-12H2,(H,32,35)/b8-5+. The van der Waals surface area contributed by atoms with Gasteiger partial charge in [0.1, 0.15) is 11.5 Å². The van der Waals surface area contributed by atoms with E-state index in [-0.39, 0.29) is 11.8 Å². The third kappa shape index (κ3) is 6.25. The highest BCUT2D eigenvalue weighted by Crippen LogP contribution is 2.31. The highest BCUT2D eigenvalue weighted by atomic mass is 35.5. The quantitative estimate of drug-likeness (QED) is 0.237. The van der Waals surface area contributed by atoms with Gasteiger partial charge in [0, 0.05) is 53.6 Å². The van der Waals surface area contributed by atoms with Crippen molar-refractivity contribution in [3.8, 4) is 11.3 Å². The molecule has 0 bridgehead atoms. The zero-order valence-corrected chi connectivity index (χ0v) is 23.1. The van der Waals surface area contributed by atoms with E-state index in [0.29, 0.717) is 58.5 Å². The van der Waals surface area contributed by atoms with Gasteiger partial charge in [-0.3, -0.25) is 9.59 Å². The molecule has 10 heteroatoms. The SMILES string of the molecule is O=C(/C=C/c1ccc(-c2cc(Cl)cc(Cl)c2)o1)Nc1ccc(N2CCN(C(=O)c3cccs3)CC2)c(Cl)c1. The molecule has 3 heterocycles. The van der Waals surface area contributed by atoms with Crippen LogP contribution >= 0.6 is 46.1 Å². The molecule has 38 heavy (non-hydrogen) atoms. The van der Waals surface area contributed by atoms with Crippen molar-refractivity contribution in [2.24, 2.45) is 0 Å². The Balaban J connectivity index is 1.17. The van der Waals surface area contributed by atoms with Gasteiger partial charge >= 0.3 is 0 Å². The zero-order valence-electron chi connectivity index (χ0n) is 20.0. The first-order chi connectivity index (χ1) is 18.4. The summed E-state index contributed by atoms with van der Waals surface area (Å²) in [4.78, 5) is 29.8. The van der Waals surface area contributed by atoms with E-state index >= 15 is 0 Å². The fourth-order valence-corrected chi connectivity index (χ4v) is 5.70. The average Bonchev–Trinajstić information content (AvgIpc) is 3.60. The molecule has 6 nitrogen and oxygen atoms in total. The van der Waals surface area contributed by atoms with E-state index in [0.717, 1.165) is 16.1 Å². The molecule has 2 amide bonds. The Morgan fingerprint density at radius 1 is 0.921 bits per heavy atom. The molecule has 1 N–H and O–H groups in total. The summed E-state index contributed by atoms with van der Waals surface area (Å²) < 4.78 is 5.79. The summed E-state index contributed by atoms with van der Waals surface area (Å²) in [5.74, 6) is 0.847. The predicted molar refractivity (Wildman–Crippen MR) is 156 cm³/mol. The third-order valence-electron chi connectivity index (χ3n) is 6.03. The van der Waals surface area contributed by atoms with Crippen molar-refractivity contribution in [3.05, 3.63) is 97.8 Å². The van der Waals surface area contributed by atoms with Crippen LogP contribution in [0.25, 0.3) is 17.4 Å². The number of nitrogens with one attached hydrogen (secondary N) is 1. The number of hydrogen-bond acceptors (Lipinski definition) is 5. The van der Waals surface area contributed by atoms with E-state index in [1.54, 1.807) is 42.5 Å². The van der Waals surface area contributed by atoms with Crippen LogP contribution in [0.1, 0.15) is 15.4 Å². The normalized spacial score (nSPS) is 13.8. The number of nitrogens with zero attached hydrogens (tertiary/aromatic N) is 2. The number of carbonyl (C=O) groups is 2. The van der Waals surface area contributed by atoms with Crippen molar-refractivity contribution in [1.29, 1.82) is 0 Å². The predicted octanol–water partition coefficient (Wildman–Crippen LogP) is 7.58. The Labute approximate surface area is 239 Å². The largest absolute Gasteiger partial charge is 0.457 e. The Morgan fingerprint density at radius 2 is 1.68 bits per heavy atom. The second kappa shape index (κ2) is 11.7. The van der Waals surface area contributed by atoms with Gasteiger partial charge in [0.05, 0.1) is 15.6 Å². The number of benzene rings is 2. The Hall–Kier alpha value is -3.23. The first-order valence-electron chi connectivity index (χ1n) is 11.8. The maximum Gasteiger partial charge on any atom is 0.264 e. The lowest BCUT2D eigenvalue weighted by molar-refractivity contribution is -0.111. The smallest absolute Gasteiger partial charge is 0.264 e. The molecular formula is C28H22Cl3N3O3S. The third-order valence-corrected chi connectivity index (χ3v) is 7.62. The molecule has 4 aromatic rings. The maximum absolute atomic E-state index is 12.6. The summed E-state index contributed by atoms with van der Waals surface area (Å²) in [6.45, 7) is 2.60. The highest BCUT2D eigenvalue weighted by molar-refractivity contribution is 7.12. The van der Waals surface area contributed by atoms with Crippen molar-refractivity contribution in [2.75, 3.05) is 36.4 Å². The number of furan rings is 1. The first-order valence-corrected chi connectivity index (χ1v) is 13.8. The lowest BCUT2D eigenvalue weighted by Crippen LogP contribution is -2.48. The highest BCUT2D eigenvalue weighted by Gasteiger charge is 2.24. The van der Waals surface area contributed by atoms with Crippen LogP contribution < -0.4 is 10.2 Å². The first kappa shape index (κ1) is 26.4. The fourth-order valence-electron chi connectivity index (χ4n) is 4.18. The van der Waals surface area contributed by atoms with Gasteiger partial charge in [-0.05, 0) is 66.1 Å². The molecule has 1 aliphatic rings. The van der Waals surface area contributed by atoms with Gasteiger partial charge in [-0.1, -0.05) is 40.9 Å². The summed E-state index contributed by atoms with van der Waals surface area (Å²) in [6.07, 6.45) is 2.97. The lowest BCUT2D eigenvalue weighted by Gasteiger charge is -2.36. The van der Waals surface area contributed by atoms with Crippen LogP contribution in [-0.4, -0.2) is 42.9 Å². The second-order valence-corrected chi connectivity index (χ2v) is 10.8. The minimum absolute atomic E-state index is 0.0662. The number of thiophene rings is 1. The molecule has 194 valence electrons. The van der Waals surface area contributed by atoms with Gasteiger partial charge in [-0.15, -0.1) is 11.3 Å². The van der Waals surface area contributed by atoms with Gasteiger partial charge in [0.25, 0.3) is 5.91 Å². The Morgan fingerprint density at radius 3 is 2.37 bits per heavy atom. The van der Waals surface area contributed by atoms with Crippen molar-refractivity contribution < 1.29 is 14.0 Å². The van der Waals surface area contributed by atoms with Gasteiger partial charge in [-0.25, -0.2) is 0 Å². The second-order valence-electron chi connectivity index (χ2n) is 8.61. The van der Waals surface area contributed by atoms with Crippen LogP contribution in [0, 0.1) is 0 Å².